The van der Waals surface area contributed by atoms with Crippen molar-refractivity contribution in [3.05, 3.63) is 0 Å². The zero-order chi connectivity index (χ0) is 25.7. The van der Waals surface area contributed by atoms with Crippen molar-refractivity contribution in [2.24, 2.45) is 22.9 Å². The highest BCUT2D eigenvalue weighted by Crippen LogP contribution is 2.03. The van der Waals surface area contributed by atoms with Gasteiger partial charge in [0.2, 0.25) is 35.4 Å². The zero-order valence-corrected chi connectivity index (χ0v) is 18.7. The summed E-state index contributed by atoms with van der Waals surface area (Å²) in [6.07, 6.45) is -0.0913. The molecule has 4 atom stereocenters. The highest BCUT2D eigenvalue weighted by Gasteiger charge is 2.32. The Labute approximate surface area is 193 Å². The molecule has 186 valence electrons. The van der Waals surface area contributed by atoms with Crippen LogP contribution in [0, 0.1) is 0 Å². The molecule has 0 aromatic rings. The third-order valence-corrected chi connectivity index (χ3v) is 4.71. The van der Waals surface area contributed by atoms with E-state index >= 15 is 0 Å². The SMILES string of the molecule is CSCCC(N)C(=O)NC(CC(N)=O)C(=O)NC(CC(N)=O)C(=O)NC(CC(N)=O)C(=O)O. The fourth-order valence-electron chi connectivity index (χ4n) is 2.42. The molecule has 0 saturated carbocycles. The van der Waals surface area contributed by atoms with E-state index in [9.17, 15) is 33.6 Å². The van der Waals surface area contributed by atoms with E-state index in [4.69, 9.17) is 28.0 Å². The normalized spacial score (nSPS) is 14.1. The van der Waals surface area contributed by atoms with E-state index in [-0.39, 0.29) is 6.42 Å². The number of primary amides is 3. The first-order valence-electron chi connectivity index (χ1n) is 9.51. The zero-order valence-electron chi connectivity index (χ0n) is 17.9. The molecule has 16 heteroatoms. The van der Waals surface area contributed by atoms with E-state index in [1.54, 1.807) is 6.26 Å². The number of carboxylic acids is 1. The lowest BCUT2D eigenvalue weighted by atomic mass is 10.1. The van der Waals surface area contributed by atoms with Gasteiger partial charge in [0.25, 0.3) is 0 Å². The fraction of sp³-hybridized carbons (Fsp3) is 0.588. The van der Waals surface area contributed by atoms with Crippen LogP contribution in [0.5, 0.6) is 0 Å². The Kier molecular flexibility index (Phi) is 13.1. The molecule has 15 nitrogen and oxygen atoms in total. The third-order valence-electron chi connectivity index (χ3n) is 4.07. The molecule has 33 heavy (non-hydrogen) atoms. The molecule has 4 unspecified atom stereocenters. The molecule has 0 aromatic heterocycles. The van der Waals surface area contributed by atoms with Crippen LogP contribution in [-0.2, 0) is 33.6 Å². The molecule has 0 bridgehead atoms. The number of nitrogens with one attached hydrogen (secondary N) is 3. The standard InChI is InChI=1S/C17H29N7O8S/c1-33-3-2-7(18)14(28)22-8(4-11(19)25)15(29)23-9(5-12(20)26)16(30)24-10(17(31)32)6-13(21)27/h7-10H,2-6,18H2,1H3,(H2,19,25)(H2,20,26)(H2,21,27)(H,22,28)(H,23,29)(H,24,30)(H,31,32). The predicted octanol–water partition coefficient (Wildman–Crippen LogP) is -4.77. The summed E-state index contributed by atoms with van der Waals surface area (Å²) < 4.78 is 0. The molecular weight excluding hydrogens is 462 g/mol. The first-order chi connectivity index (χ1) is 15.3. The number of aliphatic carboxylic acids is 1. The van der Waals surface area contributed by atoms with Crippen molar-refractivity contribution >= 4 is 53.2 Å². The van der Waals surface area contributed by atoms with Gasteiger partial charge in [0.1, 0.15) is 18.1 Å². The second kappa shape index (κ2) is 14.6. The number of nitrogens with two attached hydrogens (primary N) is 4. The van der Waals surface area contributed by atoms with Gasteiger partial charge in [-0.15, -0.1) is 0 Å². The number of carbonyl (C=O) groups is 7. The Morgan fingerprint density at radius 1 is 0.727 bits per heavy atom. The van der Waals surface area contributed by atoms with Crippen molar-refractivity contribution in [1.29, 1.82) is 0 Å². The van der Waals surface area contributed by atoms with Crippen molar-refractivity contribution in [3.8, 4) is 0 Å². The minimum atomic E-state index is -1.74. The molecule has 6 amide bonds. The van der Waals surface area contributed by atoms with E-state index in [0.717, 1.165) is 0 Å². The topological polar surface area (TPSA) is 280 Å². The number of hydrogen-bond donors (Lipinski definition) is 8. The Morgan fingerprint density at radius 3 is 1.45 bits per heavy atom. The summed E-state index contributed by atoms with van der Waals surface area (Å²) >= 11 is 1.44. The quantitative estimate of drug-likeness (QED) is 0.102. The van der Waals surface area contributed by atoms with Gasteiger partial charge in [-0.1, -0.05) is 0 Å². The maximum Gasteiger partial charge on any atom is 0.326 e. The Bertz CT molecular complexity index is 778. The van der Waals surface area contributed by atoms with Crippen LogP contribution in [-0.4, -0.2) is 82.7 Å². The van der Waals surface area contributed by atoms with Crippen molar-refractivity contribution in [2.75, 3.05) is 12.0 Å². The number of hydrogen-bond acceptors (Lipinski definition) is 9. The number of thioether (sulfide) groups is 1. The molecule has 12 N–H and O–H groups in total. The maximum absolute atomic E-state index is 12.6. The van der Waals surface area contributed by atoms with Crippen LogP contribution in [0.1, 0.15) is 25.7 Å². The minimum Gasteiger partial charge on any atom is -0.480 e. The molecule has 0 heterocycles. The number of amides is 6. The minimum absolute atomic E-state index is 0.279. The highest BCUT2D eigenvalue weighted by atomic mass is 32.2. The number of carbonyl (C=O) groups excluding carboxylic acids is 6. The van der Waals surface area contributed by atoms with Crippen LogP contribution in [0.3, 0.4) is 0 Å². The van der Waals surface area contributed by atoms with Gasteiger partial charge in [-0.25, -0.2) is 4.79 Å². The molecule has 0 rings (SSSR count). The molecule has 0 spiro atoms. The first-order valence-corrected chi connectivity index (χ1v) is 10.9. The summed E-state index contributed by atoms with van der Waals surface area (Å²) in [5.41, 5.74) is 20.9. The van der Waals surface area contributed by atoms with Crippen LogP contribution in [0.4, 0.5) is 0 Å². The summed E-state index contributed by atoms with van der Waals surface area (Å²) in [6.45, 7) is 0. The fourth-order valence-corrected chi connectivity index (χ4v) is 2.91. The summed E-state index contributed by atoms with van der Waals surface area (Å²) in [4.78, 5) is 82.2. The van der Waals surface area contributed by atoms with E-state index < -0.39 is 84.8 Å². The van der Waals surface area contributed by atoms with Gasteiger partial charge in [0.15, 0.2) is 0 Å². The molecule has 0 aromatic carbocycles. The summed E-state index contributed by atoms with van der Waals surface area (Å²) in [6, 6.07) is -5.96. The largest absolute Gasteiger partial charge is 0.480 e. The monoisotopic (exact) mass is 491 g/mol. The Morgan fingerprint density at radius 2 is 1.09 bits per heavy atom. The average Bonchev–Trinajstić information content (AvgIpc) is 2.68. The van der Waals surface area contributed by atoms with Gasteiger partial charge in [0.05, 0.1) is 25.3 Å². The number of rotatable bonds is 16. The lowest BCUT2D eigenvalue weighted by molar-refractivity contribution is -0.144. The molecule has 0 aliphatic rings. The lowest BCUT2D eigenvalue weighted by Gasteiger charge is -2.24. The van der Waals surface area contributed by atoms with Crippen molar-refractivity contribution in [2.45, 2.75) is 49.9 Å². The maximum atomic E-state index is 12.6. The number of carboxylic acid groups (broad SMARTS) is 1. The second-order valence-electron chi connectivity index (χ2n) is 6.92. The van der Waals surface area contributed by atoms with Crippen LogP contribution in [0.15, 0.2) is 0 Å². The van der Waals surface area contributed by atoms with Crippen LogP contribution in [0.2, 0.25) is 0 Å². The summed E-state index contributed by atoms with van der Waals surface area (Å²) in [5, 5.41) is 15.4. The Hall–Kier alpha value is -3.40. The smallest absolute Gasteiger partial charge is 0.326 e. The van der Waals surface area contributed by atoms with E-state index in [1.807, 2.05) is 5.32 Å². The molecule has 0 aliphatic carbocycles. The Balaban J connectivity index is 5.52. The van der Waals surface area contributed by atoms with Gasteiger partial charge in [-0.2, -0.15) is 11.8 Å². The van der Waals surface area contributed by atoms with Gasteiger partial charge >= 0.3 is 5.97 Å². The lowest BCUT2D eigenvalue weighted by Crippen LogP contribution is -2.58. The molecule has 0 radical (unpaired) electrons. The average molecular weight is 492 g/mol. The third kappa shape index (κ3) is 12.3. The van der Waals surface area contributed by atoms with Crippen molar-refractivity contribution in [1.82, 2.24) is 16.0 Å². The predicted molar refractivity (Wildman–Crippen MR) is 116 cm³/mol. The van der Waals surface area contributed by atoms with E-state index in [2.05, 4.69) is 10.6 Å². The van der Waals surface area contributed by atoms with Gasteiger partial charge < -0.3 is 44.0 Å². The highest BCUT2D eigenvalue weighted by molar-refractivity contribution is 7.98. The summed E-state index contributed by atoms with van der Waals surface area (Å²) in [5.74, 6) is -7.07. The van der Waals surface area contributed by atoms with Crippen LogP contribution >= 0.6 is 11.8 Å². The van der Waals surface area contributed by atoms with E-state index in [0.29, 0.717) is 5.75 Å². The van der Waals surface area contributed by atoms with Crippen molar-refractivity contribution < 1.29 is 38.7 Å². The van der Waals surface area contributed by atoms with Gasteiger partial charge in [-0.3, -0.25) is 28.8 Å². The second-order valence-corrected chi connectivity index (χ2v) is 7.91. The van der Waals surface area contributed by atoms with Crippen LogP contribution in [0.25, 0.3) is 0 Å². The molecule has 0 fully saturated rings. The summed E-state index contributed by atoms with van der Waals surface area (Å²) in [7, 11) is 0. The molecular formula is C17H29N7O8S. The van der Waals surface area contributed by atoms with E-state index in [1.165, 1.54) is 11.8 Å². The first kappa shape index (κ1) is 29.6. The molecule has 0 saturated heterocycles. The van der Waals surface area contributed by atoms with Crippen molar-refractivity contribution in [3.63, 3.8) is 0 Å². The van der Waals surface area contributed by atoms with Gasteiger partial charge in [0, 0.05) is 0 Å². The van der Waals surface area contributed by atoms with Gasteiger partial charge in [-0.05, 0) is 18.4 Å². The van der Waals surface area contributed by atoms with Crippen LogP contribution < -0.4 is 38.9 Å². The molecule has 0 aliphatic heterocycles.